The summed E-state index contributed by atoms with van der Waals surface area (Å²) in [5, 5.41) is 0. The van der Waals surface area contributed by atoms with E-state index in [-0.39, 0.29) is 0 Å². The van der Waals surface area contributed by atoms with Crippen LogP contribution in [0.25, 0.3) is 0 Å². The predicted molar refractivity (Wildman–Crippen MR) is 93.5 cm³/mol. The van der Waals surface area contributed by atoms with Crippen molar-refractivity contribution in [1.82, 2.24) is 9.97 Å². The largest absolute Gasteiger partial charge is 0.443 e. The first-order chi connectivity index (χ1) is 10.8. The molecule has 2 aromatic rings. The molecule has 0 N–H and O–H groups in total. The summed E-state index contributed by atoms with van der Waals surface area (Å²) >= 11 is 3.35. The number of anilines is 1. The second-order valence-corrected chi connectivity index (χ2v) is 6.95. The summed E-state index contributed by atoms with van der Waals surface area (Å²) in [5.74, 6) is 0.554. The third kappa shape index (κ3) is 5.63. The van der Waals surface area contributed by atoms with Crippen molar-refractivity contribution in [2.24, 2.45) is 0 Å². The molecule has 0 unspecified atom stereocenters. The van der Waals surface area contributed by atoms with Crippen LogP contribution in [0.1, 0.15) is 26.5 Å². The van der Waals surface area contributed by atoms with Gasteiger partial charge in [-0.3, -0.25) is 9.88 Å². The Kier molecular flexibility index (Phi) is 5.71. The van der Waals surface area contributed by atoms with Gasteiger partial charge in [-0.1, -0.05) is 6.07 Å². The molecule has 0 spiro atoms. The molecule has 0 radical (unpaired) electrons. The average Bonchev–Trinajstić information content (AvgIpc) is 2.48. The zero-order chi connectivity index (χ0) is 16.9. The van der Waals surface area contributed by atoms with Crippen LogP contribution >= 0.6 is 15.9 Å². The highest BCUT2D eigenvalue weighted by molar-refractivity contribution is 9.10. The van der Waals surface area contributed by atoms with Crippen LogP contribution < -0.4 is 4.90 Å². The lowest BCUT2D eigenvalue weighted by molar-refractivity contribution is 0.0579. The molecular formula is C17H20BrN3O2. The molecule has 2 heterocycles. The van der Waals surface area contributed by atoms with Crippen molar-refractivity contribution in [3.63, 3.8) is 0 Å². The highest BCUT2D eigenvalue weighted by atomic mass is 79.9. The van der Waals surface area contributed by atoms with Gasteiger partial charge in [0.2, 0.25) is 0 Å². The van der Waals surface area contributed by atoms with Crippen molar-refractivity contribution in [2.45, 2.75) is 32.8 Å². The molecule has 0 aliphatic rings. The molecule has 0 fully saturated rings. The average molecular weight is 378 g/mol. The topological polar surface area (TPSA) is 55.3 Å². The van der Waals surface area contributed by atoms with E-state index in [1.807, 2.05) is 45.0 Å². The van der Waals surface area contributed by atoms with Gasteiger partial charge in [0.25, 0.3) is 0 Å². The molecule has 1 amide bonds. The third-order valence-electron chi connectivity index (χ3n) is 2.92. The second kappa shape index (κ2) is 7.55. The van der Waals surface area contributed by atoms with Crippen molar-refractivity contribution in [1.29, 1.82) is 0 Å². The molecule has 2 rings (SSSR count). The summed E-state index contributed by atoms with van der Waals surface area (Å²) in [6.07, 6.45) is 3.61. The van der Waals surface area contributed by atoms with Gasteiger partial charge in [0.1, 0.15) is 11.4 Å². The lowest BCUT2D eigenvalue weighted by atomic mass is 10.2. The highest BCUT2D eigenvalue weighted by Gasteiger charge is 2.24. The second-order valence-electron chi connectivity index (χ2n) is 6.04. The summed E-state index contributed by atoms with van der Waals surface area (Å²) < 4.78 is 6.34. The van der Waals surface area contributed by atoms with E-state index in [4.69, 9.17) is 4.74 Å². The van der Waals surface area contributed by atoms with Gasteiger partial charge in [0.15, 0.2) is 0 Å². The number of pyridine rings is 2. The minimum atomic E-state index is -0.560. The van der Waals surface area contributed by atoms with Crippen LogP contribution in [0.4, 0.5) is 10.6 Å². The van der Waals surface area contributed by atoms with E-state index in [0.29, 0.717) is 18.8 Å². The van der Waals surface area contributed by atoms with Gasteiger partial charge in [-0.15, -0.1) is 0 Å². The molecule has 0 saturated heterocycles. The van der Waals surface area contributed by atoms with Gasteiger partial charge in [-0.2, -0.15) is 0 Å². The Hall–Kier alpha value is -1.95. The molecule has 0 aliphatic carbocycles. The molecule has 6 heteroatoms. The number of ether oxygens (including phenoxy) is 1. The van der Waals surface area contributed by atoms with E-state index in [1.165, 1.54) is 4.90 Å². The molecule has 0 saturated carbocycles. The number of carbonyl (C=O) groups excluding carboxylic acids is 1. The lowest BCUT2D eigenvalue weighted by Crippen LogP contribution is -2.38. The van der Waals surface area contributed by atoms with Crippen LogP contribution in [-0.2, 0) is 11.2 Å². The lowest BCUT2D eigenvalue weighted by Gasteiger charge is -2.26. The number of rotatable bonds is 4. The normalized spacial score (nSPS) is 11.1. The fourth-order valence-corrected chi connectivity index (χ4v) is 2.15. The zero-order valence-electron chi connectivity index (χ0n) is 13.5. The number of amides is 1. The zero-order valence-corrected chi connectivity index (χ0v) is 15.1. The standard InChI is InChI=1S/C17H20BrN3O2/c1-17(2,3)23-16(22)21(15-8-7-13(18)12-20-15)11-9-14-6-4-5-10-19-14/h4-8,10,12H,9,11H2,1-3H3. The van der Waals surface area contributed by atoms with Crippen molar-refractivity contribution in [3.05, 3.63) is 52.9 Å². The fourth-order valence-electron chi connectivity index (χ4n) is 1.92. The van der Waals surface area contributed by atoms with Crippen LogP contribution in [-0.4, -0.2) is 28.2 Å². The molecular weight excluding hydrogens is 358 g/mol. The Bertz CT molecular complexity index is 639. The van der Waals surface area contributed by atoms with Crippen molar-refractivity contribution >= 4 is 27.8 Å². The molecule has 23 heavy (non-hydrogen) atoms. The van der Waals surface area contributed by atoms with E-state index < -0.39 is 11.7 Å². The number of nitrogens with zero attached hydrogens (tertiary/aromatic N) is 3. The minimum absolute atomic E-state index is 0.414. The molecule has 0 atom stereocenters. The van der Waals surface area contributed by atoms with E-state index in [1.54, 1.807) is 18.5 Å². The molecule has 2 aromatic heterocycles. The van der Waals surface area contributed by atoms with Gasteiger partial charge in [-0.05, 0) is 61.0 Å². The van der Waals surface area contributed by atoms with E-state index in [9.17, 15) is 4.79 Å². The number of aromatic nitrogens is 2. The molecule has 0 aromatic carbocycles. The highest BCUT2D eigenvalue weighted by Crippen LogP contribution is 2.18. The van der Waals surface area contributed by atoms with Crippen LogP contribution in [0, 0.1) is 0 Å². The summed E-state index contributed by atoms with van der Waals surface area (Å²) in [4.78, 5) is 22.6. The quantitative estimate of drug-likeness (QED) is 0.799. The first-order valence-electron chi connectivity index (χ1n) is 7.37. The number of hydrogen-bond donors (Lipinski definition) is 0. The van der Waals surface area contributed by atoms with Gasteiger partial charge < -0.3 is 4.74 Å². The monoisotopic (exact) mass is 377 g/mol. The SMILES string of the molecule is CC(C)(C)OC(=O)N(CCc1ccccn1)c1ccc(Br)cn1. The summed E-state index contributed by atoms with van der Waals surface area (Å²) in [6.45, 7) is 5.98. The summed E-state index contributed by atoms with van der Waals surface area (Å²) in [7, 11) is 0. The number of hydrogen-bond acceptors (Lipinski definition) is 4. The van der Waals surface area contributed by atoms with Crippen LogP contribution in [0.5, 0.6) is 0 Å². The molecule has 0 aliphatic heterocycles. The fraction of sp³-hybridized carbons (Fsp3) is 0.353. The minimum Gasteiger partial charge on any atom is -0.443 e. The Morgan fingerprint density at radius 1 is 1.22 bits per heavy atom. The van der Waals surface area contributed by atoms with Crippen molar-refractivity contribution in [3.8, 4) is 0 Å². The van der Waals surface area contributed by atoms with E-state index >= 15 is 0 Å². The Morgan fingerprint density at radius 3 is 2.57 bits per heavy atom. The van der Waals surface area contributed by atoms with E-state index in [0.717, 1.165) is 10.2 Å². The summed E-state index contributed by atoms with van der Waals surface area (Å²) in [5.41, 5.74) is 0.355. The third-order valence-corrected chi connectivity index (χ3v) is 3.39. The van der Waals surface area contributed by atoms with Gasteiger partial charge in [0.05, 0.1) is 0 Å². The molecule has 5 nitrogen and oxygen atoms in total. The summed E-state index contributed by atoms with van der Waals surface area (Å²) in [6, 6.07) is 9.36. The molecule has 122 valence electrons. The first-order valence-corrected chi connectivity index (χ1v) is 8.16. The van der Waals surface area contributed by atoms with Crippen molar-refractivity contribution in [2.75, 3.05) is 11.4 Å². The Balaban J connectivity index is 2.17. The van der Waals surface area contributed by atoms with Gasteiger partial charge in [-0.25, -0.2) is 9.78 Å². The Labute approximate surface area is 144 Å². The number of halogens is 1. The van der Waals surface area contributed by atoms with Crippen molar-refractivity contribution < 1.29 is 9.53 Å². The maximum Gasteiger partial charge on any atom is 0.416 e. The molecule has 0 bridgehead atoms. The smallest absolute Gasteiger partial charge is 0.416 e. The van der Waals surface area contributed by atoms with Gasteiger partial charge >= 0.3 is 6.09 Å². The maximum atomic E-state index is 12.5. The number of carbonyl (C=O) groups is 1. The van der Waals surface area contributed by atoms with Gasteiger partial charge in [0, 0.05) is 35.5 Å². The van der Waals surface area contributed by atoms with Crippen LogP contribution in [0.3, 0.4) is 0 Å². The Morgan fingerprint density at radius 2 is 2.00 bits per heavy atom. The van der Waals surface area contributed by atoms with Crippen LogP contribution in [0.2, 0.25) is 0 Å². The predicted octanol–water partition coefficient (Wildman–Crippen LogP) is 4.22. The maximum absolute atomic E-state index is 12.5. The first kappa shape index (κ1) is 17.4. The van der Waals surface area contributed by atoms with E-state index in [2.05, 4.69) is 25.9 Å². The van der Waals surface area contributed by atoms with Crippen LogP contribution in [0.15, 0.2) is 47.2 Å².